The first-order chi connectivity index (χ1) is 16.2. The summed E-state index contributed by atoms with van der Waals surface area (Å²) in [4.78, 5) is 12.7. The van der Waals surface area contributed by atoms with Crippen LogP contribution in [0, 0.1) is 0 Å². The van der Waals surface area contributed by atoms with E-state index >= 15 is 0 Å². The molecule has 0 saturated heterocycles. The summed E-state index contributed by atoms with van der Waals surface area (Å²) < 4.78 is 37.2. The third-order valence-corrected chi connectivity index (χ3v) is 6.06. The number of hydrogen-bond donors (Lipinski definition) is 1. The standard InChI is InChI=1S/C26H30N2O5S/c1-19(2)33-25-10-6-9-24(16-25)28(34(4,30)31)17-20-11-13-22(14-12-20)26(29)27-23-8-5-7-21(15-23)18-32-3/h5-16,19H,17-18H2,1-4H3,(H,27,29). The minimum absolute atomic E-state index is 0.0249. The molecular weight excluding hydrogens is 452 g/mol. The second-order valence-corrected chi connectivity index (χ2v) is 10.1. The van der Waals surface area contributed by atoms with Gasteiger partial charge in [-0.3, -0.25) is 9.10 Å². The average molecular weight is 483 g/mol. The lowest BCUT2D eigenvalue weighted by atomic mass is 10.1. The summed E-state index contributed by atoms with van der Waals surface area (Å²) in [6, 6.07) is 21.3. The van der Waals surface area contributed by atoms with Crippen molar-refractivity contribution in [2.24, 2.45) is 0 Å². The van der Waals surface area contributed by atoms with Crippen molar-refractivity contribution in [3.63, 3.8) is 0 Å². The van der Waals surface area contributed by atoms with Gasteiger partial charge in [0.2, 0.25) is 10.0 Å². The summed E-state index contributed by atoms with van der Waals surface area (Å²) in [5.74, 6) is 0.349. The SMILES string of the molecule is COCc1cccc(NC(=O)c2ccc(CN(c3cccc(OC(C)C)c3)S(C)(=O)=O)cc2)c1. The Bertz CT molecular complexity index is 1220. The quantitative estimate of drug-likeness (QED) is 0.447. The molecule has 8 heteroatoms. The molecule has 0 spiro atoms. The predicted molar refractivity (Wildman–Crippen MR) is 135 cm³/mol. The van der Waals surface area contributed by atoms with E-state index in [-0.39, 0.29) is 18.6 Å². The van der Waals surface area contributed by atoms with Gasteiger partial charge in [-0.05, 0) is 61.4 Å². The van der Waals surface area contributed by atoms with Gasteiger partial charge in [-0.25, -0.2) is 8.42 Å². The van der Waals surface area contributed by atoms with Crippen LogP contribution in [0.5, 0.6) is 5.75 Å². The summed E-state index contributed by atoms with van der Waals surface area (Å²) in [6.45, 7) is 4.41. The third kappa shape index (κ3) is 7.07. The van der Waals surface area contributed by atoms with Crippen molar-refractivity contribution in [3.05, 3.63) is 89.5 Å². The Labute approximate surface area is 201 Å². The van der Waals surface area contributed by atoms with E-state index in [0.29, 0.717) is 29.3 Å². The summed E-state index contributed by atoms with van der Waals surface area (Å²) in [7, 11) is -1.93. The summed E-state index contributed by atoms with van der Waals surface area (Å²) in [6.07, 6.45) is 1.14. The molecular formula is C26H30N2O5S. The van der Waals surface area contributed by atoms with E-state index in [2.05, 4.69) is 5.32 Å². The molecule has 3 aromatic rings. The van der Waals surface area contributed by atoms with Crippen molar-refractivity contribution in [2.75, 3.05) is 23.0 Å². The average Bonchev–Trinajstić information content (AvgIpc) is 2.77. The maximum atomic E-state index is 12.7. The van der Waals surface area contributed by atoms with Crippen LogP contribution < -0.4 is 14.4 Å². The monoisotopic (exact) mass is 482 g/mol. The Hall–Kier alpha value is -3.36. The van der Waals surface area contributed by atoms with E-state index in [1.54, 1.807) is 55.6 Å². The van der Waals surface area contributed by atoms with Crippen LogP contribution in [-0.4, -0.2) is 33.8 Å². The van der Waals surface area contributed by atoms with Gasteiger partial charge in [0.25, 0.3) is 5.91 Å². The number of nitrogens with one attached hydrogen (secondary N) is 1. The second kappa shape index (κ2) is 11.2. The summed E-state index contributed by atoms with van der Waals surface area (Å²) in [5.41, 5.74) is 3.37. The van der Waals surface area contributed by atoms with Crippen molar-refractivity contribution in [1.29, 1.82) is 0 Å². The van der Waals surface area contributed by atoms with Crippen LogP contribution in [0.3, 0.4) is 0 Å². The fourth-order valence-corrected chi connectivity index (χ4v) is 4.30. The van der Waals surface area contributed by atoms with E-state index in [9.17, 15) is 13.2 Å². The minimum Gasteiger partial charge on any atom is -0.491 e. The molecule has 0 radical (unpaired) electrons. The largest absolute Gasteiger partial charge is 0.491 e. The molecule has 1 N–H and O–H groups in total. The van der Waals surface area contributed by atoms with Crippen molar-refractivity contribution in [2.45, 2.75) is 33.1 Å². The van der Waals surface area contributed by atoms with E-state index in [1.807, 2.05) is 38.1 Å². The van der Waals surface area contributed by atoms with E-state index < -0.39 is 10.0 Å². The number of carbonyl (C=O) groups is 1. The number of rotatable bonds is 10. The Balaban J connectivity index is 1.75. The number of ether oxygens (including phenoxy) is 2. The molecule has 1 amide bonds. The van der Waals surface area contributed by atoms with Gasteiger partial charge in [0.05, 0.1) is 31.2 Å². The molecule has 180 valence electrons. The molecule has 0 bridgehead atoms. The molecule has 0 unspecified atom stereocenters. The first kappa shape index (κ1) is 25.3. The normalized spacial score (nSPS) is 11.3. The second-order valence-electron chi connectivity index (χ2n) is 8.22. The molecule has 0 atom stereocenters. The van der Waals surface area contributed by atoms with Crippen LogP contribution in [0.15, 0.2) is 72.8 Å². The molecule has 0 fully saturated rings. The molecule has 3 rings (SSSR count). The summed E-state index contributed by atoms with van der Waals surface area (Å²) in [5, 5.41) is 2.87. The molecule has 0 aliphatic carbocycles. The van der Waals surface area contributed by atoms with Crippen molar-refractivity contribution in [3.8, 4) is 5.75 Å². The van der Waals surface area contributed by atoms with E-state index in [0.717, 1.165) is 11.1 Å². The van der Waals surface area contributed by atoms with E-state index in [4.69, 9.17) is 9.47 Å². The third-order valence-electron chi connectivity index (χ3n) is 4.92. The number of carbonyl (C=O) groups excluding carboxylic acids is 1. The van der Waals surface area contributed by atoms with Gasteiger partial charge in [0.15, 0.2) is 0 Å². The fraction of sp³-hybridized carbons (Fsp3) is 0.269. The number of sulfonamides is 1. The maximum Gasteiger partial charge on any atom is 0.255 e. The molecule has 3 aromatic carbocycles. The number of nitrogens with zero attached hydrogens (tertiary/aromatic N) is 1. The maximum absolute atomic E-state index is 12.7. The topological polar surface area (TPSA) is 84.9 Å². The molecule has 34 heavy (non-hydrogen) atoms. The minimum atomic E-state index is -3.55. The lowest BCUT2D eigenvalue weighted by molar-refractivity contribution is 0.102. The zero-order valence-corrected chi connectivity index (χ0v) is 20.6. The summed E-state index contributed by atoms with van der Waals surface area (Å²) >= 11 is 0. The van der Waals surface area contributed by atoms with Gasteiger partial charge in [-0.15, -0.1) is 0 Å². The highest BCUT2D eigenvalue weighted by atomic mass is 32.2. The van der Waals surface area contributed by atoms with Crippen molar-refractivity contribution in [1.82, 2.24) is 0 Å². The van der Waals surface area contributed by atoms with Gasteiger partial charge in [0.1, 0.15) is 5.75 Å². The smallest absolute Gasteiger partial charge is 0.255 e. The highest BCUT2D eigenvalue weighted by Gasteiger charge is 2.19. The lowest BCUT2D eigenvalue weighted by Crippen LogP contribution is -2.29. The van der Waals surface area contributed by atoms with Crippen LogP contribution >= 0.6 is 0 Å². The number of methoxy groups -OCH3 is 1. The zero-order valence-electron chi connectivity index (χ0n) is 19.8. The number of benzene rings is 3. The molecule has 7 nitrogen and oxygen atoms in total. The molecule has 0 heterocycles. The first-order valence-corrected chi connectivity index (χ1v) is 12.7. The number of anilines is 2. The highest BCUT2D eigenvalue weighted by molar-refractivity contribution is 7.92. The zero-order chi connectivity index (χ0) is 24.7. The lowest BCUT2D eigenvalue weighted by Gasteiger charge is -2.23. The van der Waals surface area contributed by atoms with Gasteiger partial charge in [-0.1, -0.05) is 30.3 Å². The number of hydrogen-bond acceptors (Lipinski definition) is 5. The Morgan fingerprint density at radius 2 is 1.68 bits per heavy atom. The van der Waals surface area contributed by atoms with Crippen LogP contribution in [0.1, 0.15) is 35.3 Å². The Morgan fingerprint density at radius 1 is 0.971 bits per heavy atom. The van der Waals surface area contributed by atoms with Crippen LogP contribution in [-0.2, 0) is 27.9 Å². The predicted octanol–water partition coefficient (Wildman–Crippen LogP) is 4.84. The fourth-order valence-electron chi connectivity index (χ4n) is 3.42. The van der Waals surface area contributed by atoms with Crippen LogP contribution in [0.25, 0.3) is 0 Å². The van der Waals surface area contributed by atoms with Gasteiger partial charge >= 0.3 is 0 Å². The number of amides is 1. The van der Waals surface area contributed by atoms with Gasteiger partial charge in [-0.2, -0.15) is 0 Å². The molecule has 0 aromatic heterocycles. The molecule has 0 aliphatic heterocycles. The van der Waals surface area contributed by atoms with Gasteiger partial charge in [0, 0.05) is 24.4 Å². The van der Waals surface area contributed by atoms with Crippen LogP contribution in [0.2, 0.25) is 0 Å². The van der Waals surface area contributed by atoms with Gasteiger partial charge < -0.3 is 14.8 Å². The molecule has 0 aliphatic rings. The Morgan fingerprint density at radius 3 is 2.32 bits per heavy atom. The first-order valence-electron chi connectivity index (χ1n) is 10.9. The highest BCUT2D eigenvalue weighted by Crippen LogP contribution is 2.26. The van der Waals surface area contributed by atoms with E-state index in [1.165, 1.54) is 10.6 Å². The van der Waals surface area contributed by atoms with Crippen LogP contribution in [0.4, 0.5) is 11.4 Å². The molecule has 0 saturated carbocycles. The Kier molecular flexibility index (Phi) is 8.31. The van der Waals surface area contributed by atoms with Crippen molar-refractivity contribution < 1.29 is 22.7 Å². The van der Waals surface area contributed by atoms with Crippen molar-refractivity contribution >= 4 is 27.3 Å².